The normalized spacial score (nSPS) is 12.8. The quantitative estimate of drug-likeness (QED) is 0.791. The summed E-state index contributed by atoms with van der Waals surface area (Å²) in [6.07, 6.45) is 4.74. The third-order valence-corrected chi connectivity index (χ3v) is 2.87. The number of halogens is 1. The van der Waals surface area contributed by atoms with Crippen molar-refractivity contribution in [1.82, 2.24) is 5.32 Å². The number of rotatable bonds is 6. The highest BCUT2D eigenvalue weighted by atomic mass is 79.9. The van der Waals surface area contributed by atoms with Gasteiger partial charge in [-0.25, -0.2) is 0 Å². The smallest absolute Gasteiger partial charge is 0.120 e. The largest absolute Gasteiger partial charge is 0.491 e. The second kappa shape index (κ2) is 6.79. The zero-order chi connectivity index (χ0) is 13.6. The number of aliphatic hydroxyl groups excluding tert-OH is 1. The first-order chi connectivity index (χ1) is 8.43. The number of benzene rings is 1. The summed E-state index contributed by atoms with van der Waals surface area (Å²) >= 11 is 3.36. The van der Waals surface area contributed by atoms with Crippen molar-refractivity contribution >= 4 is 15.9 Å². The van der Waals surface area contributed by atoms with E-state index in [9.17, 15) is 5.11 Å². The number of terminal acetylenes is 1. The molecule has 1 aromatic carbocycles. The molecular weight excluding hydrogens is 294 g/mol. The van der Waals surface area contributed by atoms with Crippen LogP contribution < -0.4 is 10.1 Å². The van der Waals surface area contributed by atoms with E-state index in [1.807, 2.05) is 38.1 Å². The lowest BCUT2D eigenvalue weighted by molar-refractivity contribution is 0.102. The molecule has 0 heterocycles. The Balaban J connectivity index is 2.34. The molecule has 0 aliphatic rings. The molecule has 1 aromatic rings. The fraction of sp³-hybridized carbons (Fsp3) is 0.429. The van der Waals surface area contributed by atoms with E-state index in [4.69, 9.17) is 11.2 Å². The molecule has 0 saturated heterocycles. The van der Waals surface area contributed by atoms with Crippen LogP contribution in [0.1, 0.15) is 13.8 Å². The number of hydrogen-bond donors (Lipinski definition) is 2. The number of β-amino-alcohol motifs (C(OH)–C–C–N with tert-alkyl or cyclic N) is 1. The Morgan fingerprint density at radius 1 is 1.56 bits per heavy atom. The molecule has 0 saturated carbocycles. The topological polar surface area (TPSA) is 41.5 Å². The Morgan fingerprint density at radius 2 is 2.28 bits per heavy atom. The fourth-order valence-corrected chi connectivity index (χ4v) is 1.61. The van der Waals surface area contributed by atoms with Gasteiger partial charge < -0.3 is 9.84 Å². The lowest BCUT2D eigenvalue weighted by Crippen LogP contribution is -2.43. The van der Waals surface area contributed by atoms with Gasteiger partial charge in [0.2, 0.25) is 0 Å². The van der Waals surface area contributed by atoms with Crippen LogP contribution in [0.3, 0.4) is 0 Å². The summed E-state index contributed by atoms with van der Waals surface area (Å²) in [4.78, 5) is 0. The standard InChI is InChI=1S/C14H18BrNO2/c1-4-14(2,3)16-9-12(17)10-18-13-7-5-6-11(15)8-13/h1,5-8,12,16-17H,9-10H2,2-3H3. The predicted molar refractivity (Wildman–Crippen MR) is 76.6 cm³/mol. The van der Waals surface area contributed by atoms with Crippen molar-refractivity contribution in [2.75, 3.05) is 13.2 Å². The van der Waals surface area contributed by atoms with E-state index in [1.165, 1.54) is 0 Å². The van der Waals surface area contributed by atoms with Crippen LogP contribution in [0.5, 0.6) is 5.75 Å². The molecule has 0 fully saturated rings. The Morgan fingerprint density at radius 3 is 2.89 bits per heavy atom. The lowest BCUT2D eigenvalue weighted by atomic mass is 10.1. The number of hydrogen-bond acceptors (Lipinski definition) is 3. The van der Waals surface area contributed by atoms with Gasteiger partial charge in [-0.15, -0.1) is 6.42 Å². The van der Waals surface area contributed by atoms with E-state index in [0.29, 0.717) is 6.54 Å². The Hall–Kier alpha value is -1.02. The van der Waals surface area contributed by atoms with Crippen LogP contribution in [0, 0.1) is 12.3 Å². The molecule has 1 atom stereocenters. The molecule has 4 heteroatoms. The van der Waals surface area contributed by atoms with Crippen molar-refractivity contribution < 1.29 is 9.84 Å². The van der Waals surface area contributed by atoms with Gasteiger partial charge in [-0.3, -0.25) is 5.32 Å². The first-order valence-corrected chi connectivity index (χ1v) is 6.51. The van der Waals surface area contributed by atoms with Gasteiger partial charge in [-0.05, 0) is 32.0 Å². The highest BCUT2D eigenvalue weighted by Crippen LogP contribution is 2.17. The molecule has 3 nitrogen and oxygen atoms in total. The second-order valence-corrected chi connectivity index (χ2v) is 5.49. The van der Waals surface area contributed by atoms with Crippen LogP contribution in [0.4, 0.5) is 0 Å². The maximum absolute atomic E-state index is 9.77. The molecule has 0 spiro atoms. The van der Waals surface area contributed by atoms with Gasteiger partial charge in [0.1, 0.15) is 18.5 Å². The van der Waals surface area contributed by atoms with Crippen LogP contribution in [-0.2, 0) is 0 Å². The molecule has 0 aliphatic heterocycles. The molecular formula is C14H18BrNO2. The Bertz CT molecular complexity index is 426. The lowest BCUT2D eigenvalue weighted by Gasteiger charge is -2.22. The van der Waals surface area contributed by atoms with Crippen LogP contribution in [0.25, 0.3) is 0 Å². The highest BCUT2D eigenvalue weighted by molar-refractivity contribution is 9.10. The van der Waals surface area contributed by atoms with Crippen molar-refractivity contribution in [3.8, 4) is 18.1 Å². The van der Waals surface area contributed by atoms with Gasteiger partial charge in [0, 0.05) is 11.0 Å². The summed E-state index contributed by atoms with van der Waals surface area (Å²) in [7, 11) is 0. The first-order valence-electron chi connectivity index (χ1n) is 5.72. The first kappa shape index (κ1) is 15.0. The van der Waals surface area contributed by atoms with Crippen LogP contribution in [0.15, 0.2) is 28.7 Å². The van der Waals surface area contributed by atoms with Crippen LogP contribution in [-0.4, -0.2) is 29.9 Å². The minimum atomic E-state index is -0.600. The average Bonchev–Trinajstić information content (AvgIpc) is 2.34. The van der Waals surface area contributed by atoms with E-state index in [-0.39, 0.29) is 6.61 Å². The van der Waals surface area contributed by atoms with Crippen molar-refractivity contribution in [2.24, 2.45) is 0 Å². The molecule has 18 heavy (non-hydrogen) atoms. The Labute approximate surface area is 117 Å². The summed E-state index contributed by atoms with van der Waals surface area (Å²) < 4.78 is 6.42. The van der Waals surface area contributed by atoms with E-state index in [1.54, 1.807) is 0 Å². The van der Waals surface area contributed by atoms with Gasteiger partial charge in [0.25, 0.3) is 0 Å². The maximum atomic E-state index is 9.77. The summed E-state index contributed by atoms with van der Waals surface area (Å²) in [5, 5.41) is 12.9. The molecule has 0 aromatic heterocycles. The van der Waals surface area contributed by atoms with Gasteiger partial charge in [0.05, 0.1) is 5.54 Å². The molecule has 1 rings (SSSR count). The van der Waals surface area contributed by atoms with Gasteiger partial charge in [-0.1, -0.05) is 27.9 Å². The van der Waals surface area contributed by atoms with E-state index in [0.717, 1.165) is 10.2 Å². The maximum Gasteiger partial charge on any atom is 0.120 e. The minimum Gasteiger partial charge on any atom is -0.491 e. The predicted octanol–water partition coefficient (Wildman–Crippen LogP) is 2.19. The van der Waals surface area contributed by atoms with Crippen molar-refractivity contribution in [3.05, 3.63) is 28.7 Å². The van der Waals surface area contributed by atoms with E-state index in [2.05, 4.69) is 27.2 Å². The van der Waals surface area contributed by atoms with Gasteiger partial charge >= 0.3 is 0 Å². The summed E-state index contributed by atoms with van der Waals surface area (Å²) in [6, 6.07) is 7.49. The average molecular weight is 312 g/mol. The molecule has 2 N–H and O–H groups in total. The number of nitrogens with one attached hydrogen (secondary N) is 1. The SMILES string of the molecule is C#CC(C)(C)NCC(O)COc1cccc(Br)c1. The minimum absolute atomic E-state index is 0.226. The van der Waals surface area contributed by atoms with Crippen molar-refractivity contribution in [1.29, 1.82) is 0 Å². The molecule has 0 amide bonds. The molecule has 0 bridgehead atoms. The van der Waals surface area contributed by atoms with Crippen molar-refractivity contribution in [3.63, 3.8) is 0 Å². The summed E-state index contributed by atoms with van der Waals surface area (Å²) in [5.74, 6) is 3.33. The number of ether oxygens (including phenoxy) is 1. The fourth-order valence-electron chi connectivity index (χ4n) is 1.23. The van der Waals surface area contributed by atoms with Crippen LogP contribution >= 0.6 is 15.9 Å². The number of aliphatic hydroxyl groups is 1. The van der Waals surface area contributed by atoms with Crippen LogP contribution in [0.2, 0.25) is 0 Å². The zero-order valence-electron chi connectivity index (χ0n) is 10.6. The van der Waals surface area contributed by atoms with Crippen molar-refractivity contribution in [2.45, 2.75) is 25.5 Å². The molecule has 0 aliphatic carbocycles. The second-order valence-electron chi connectivity index (χ2n) is 4.57. The van der Waals surface area contributed by atoms with E-state index >= 15 is 0 Å². The third kappa shape index (κ3) is 5.54. The molecule has 0 radical (unpaired) electrons. The Kier molecular flexibility index (Phi) is 5.67. The van der Waals surface area contributed by atoms with Gasteiger partial charge in [0.15, 0.2) is 0 Å². The highest BCUT2D eigenvalue weighted by Gasteiger charge is 2.15. The monoisotopic (exact) mass is 311 g/mol. The van der Waals surface area contributed by atoms with E-state index < -0.39 is 11.6 Å². The van der Waals surface area contributed by atoms with Gasteiger partial charge in [-0.2, -0.15) is 0 Å². The molecule has 98 valence electrons. The summed E-state index contributed by atoms with van der Waals surface area (Å²) in [6.45, 7) is 4.39. The molecule has 1 unspecified atom stereocenters. The third-order valence-electron chi connectivity index (χ3n) is 2.38. The zero-order valence-corrected chi connectivity index (χ0v) is 12.2. The summed E-state index contributed by atoms with van der Waals surface area (Å²) in [5.41, 5.74) is -0.420.